The molecule has 4 nitrogen and oxygen atoms in total. The van der Waals surface area contributed by atoms with Crippen LogP contribution in [-0.2, 0) is 20.1 Å². The Morgan fingerprint density at radius 3 is 2.35 bits per heavy atom. The Labute approximate surface area is 272 Å². The van der Waals surface area contributed by atoms with Crippen LogP contribution in [0.1, 0.15) is 19.4 Å². The van der Waals surface area contributed by atoms with E-state index >= 15 is 0 Å². The fraction of sp³-hybridized carbons (Fsp3) is 0.0526. The molecule has 8 rings (SSSR count). The van der Waals surface area contributed by atoms with Crippen LogP contribution in [0.3, 0.4) is 0 Å². The third kappa shape index (κ3) is 5.53. The first-order valence-electron chi connectivity index (χ1n) is 16.4. The largest absolute Gasteiger partial charge is 0.557 e. The molecule has 0 aliphatic heterocycles. The van der Waals surface area contributed by atoms with Crippen molar-refractivity contribution in [2.75, 3.05) is 0 Å². The number of hydrogen-bond donors (Lipinski definition) is 0. The van der Waals surface area contributed by atoms with Gasteiger partial charge in [-0.1, -0.05) is 102 Å². The smallest absolute Gasteiger partial charge is 0.0774 e. The van der Waals surface area contributed by atoms with E-state index in [1.54, 1.807) is 12.1 Å². The zero-order valence-electron chi connectivity index (χ0n) is 28.7. The molecule has 5 aromatic carbocycles. The van der Waals surface area contributed by atoms with Gasteiger partial charge in [0, 0.05) is 52.1 Å². The number of nitrogens with zero attached hydrogens (tertiary/aromatic N) is 3. The molecule has 43 heavy (non-hydrogen) atoms. The van der Waals surface area contributed by atoms with E-state index in [1.165, 1.54) is 29.8 Å². The van der Waals surface area contributed by atoms with Crippen molar-refractivity contribution in [2.45, 2.75) is 13.7 Å². The van der Waals surface area contributed by atoms with E-state index in [0.717, 1.165) is 44.5 Å². The molecule has 0 aliphatic carbocycles. The molecule has 3 aromatic heterocycles. The molecule has 0 aliphatic rings. The van der Waals surface area contributed by atoms with Crippen molar-refractivity contribution in [3.05, 3.63) is 151 Å². The SMILES string of the molecule is [2H]C([2H])([2H])c1c[c-]c(-c2ccc(C([2H])([2H])[2H])cn2)cc1.[Ir].[c-]1oc2ccc3ccccc3c2c1-c1nc2ccccc2n1-c1ccccc1. The van der Waals surface area contributed by atoms with Crippen LogP contribution < -0.4 is 0 Å². The van der Waals surface area contributed by atoms with Crippen LogP contribution in [0.25, 0.3) is 61.1 Å². The number of para-hydroxylation sites is 3. The minimum atomic E-state index is -2.18. The first kappa shape index (κ1) is 21.8. The number of rotatable bonds is 3. The average molecular weight is 740 g/mol. The maximum absolute atomic E-state index is 7.28. The van der Waals surface area contributed by atoms with Crippen LogP contribution in [-0.4, -0.2) is 14.5 Å². The molecular formula is C38H27IrN3O-2. The van der Waals surface area contributed by atoms with Gasteiger partial charge in [-0.05, 0) is 47.8 Å². The van der Waals surface area contributed by atoms with Crippen LogP contribution in [0.2, 0.25) is 0 Å². The van der Waals surface area contributed by atoms with Crippen LogP contribution in [0.5, 0.6) is 0 Å². The number of hydrogen-bond acceptors (Lipinski definition) is 3. The van der Waals surface area contributed by atoms with Gasteiger partial charge in [0.1, 0.15) is 0 Å². The second-order valence-electron chi connectivity index (χ2n) is 9.76. The molecular weight excluding hydrogens is 707 g/mol. The molecule has 5 heteroatoms. The number of furan rings is 1. The quantitative estimate of drug-likeness (QED) is 0.170. The molecule has 3 heterocycles. The van der Waals surface area contributed by atoms with E-state index in [-0.39, 0.29) is 31.2 Å². The predicted molar refractivity (Wildman–Crippen MR) is 171 cm³/mol. The zero-order chi connectivity index (χ0) is 33.5. The molecule has 0 saturated carbocycles. The first-order chi connectivity index (χ1) is 23.1. The Hall–Kier alpha value is -4.83. The van der Waals surface area contributed by atoms with Gasteiger partial charge in [-0.15, -0.1) is 35.4 Å². The van der Waals surface area contributed by atoms with Gasteiger partial charge in [0.15, 0.2) is 0 Å². The fourth-order valence-corrected chi connectivity index (χ4v) is 5.08. The summed E-state index contributed by atoms with van der Waals surface area (Å²) in [5.41, 5.74) is 6.32. The minimum absolute atomic E-state index is 0. The summed E-state index contributed by atoms with van der Waals surface area (Å²) in [5, 5.41) is 3.37. The Morgan fingerprint density at radius 1 is 0.767 bits per heavy atom. The third-order valence-corrected chi connectivity index (χ3v) is 7.05. The van der Waals surface area contributed by atoms with Gasteiger partial charge in [-0.25, -0.2) is 0 Å². The third-order valence-electron chi connectivity index (χ3n) is 7.05. The standard InChI is InChI=1S/C25H15N2O.C13H12N.Ir/c1-2-9-18(10-3-1)27-22-13-7-6-12-21(22)26-25(27)20-16-28-23-15-14-17-8-4-5-11-19(17)24(20)23;1-10-3-6-12(7-4-10)13-8-5-11(2)9-14-13;/h1-15H;3-6,8-9H,1-2H3;/q2*-1;/i;1D3,2D3;. The molecule has 0 saturated heterocycles. The molecule has 0 fully saturated rings. The van der Waals surface area contributed by atoms with Crippen molar-refractivity contribution in [3.8, 4) is 28.3 Å². The Kier molecular flexibility index (Phi) is 6.18. The number of aromatic nitrogens is 3. The summed E-state index contributed by atoms with van der Waals surface area (Å²) in [7, 11) is 0. The molecule has 0 spiro atoms. The topological polar surface area (TPSA) is 43.9 Å². The van der Waals surface area contributed by atoms with Crippen molar-refractivity contribution >= 4 is 32.8 Å². The molecule has 211 valence electrons. The number of fused-ring (bicyclic) bond motifs is 4. The van der Waals surface area contributed by atoms with E-state index < -0.39 is 13.7 Å². The number of aryl methyl sites for hydroxylation is 2. The number of imidazole rings is 1. The van der Waals surface area contributed by atoms with E-state index in [9.17, 15) is 0 Å². The average Bonchev–Trinajstić information content (AvgIpc) is 3.70. The van der Waals surface area contributed by atoms with E-state index in [2.05, 4.69) is 70.4 Å². The Bertz CT molecular complexity index is 2310. The van der Waals surface area contributed by atoms with E-state index in [4.69, 9.17) is 17.6 Å². The second-order valence-corrected chi connectivity index (χ2v) is 9.76. The Morgan fingerprint density at radius 2 is 1.56 bits per heavy atom. The molecule has 0 N–H and O–H groups in total. The molecule has 0 amide bonds. The summed E-state index contributed by atoms with van der Waals surface area (Å²) >= 11 is 0. The van der Waals surface area contributed by atoms with Crippen molar-refractivity contribution in [1.82, 2.24) is 14.5 Å². The first-order valence-corrected chi connectivity index (χ1v) is 13.4. The van der Waals surface area contributed by atoms with Crippen LogP contribution >= 0.6 is 0 Å². The number of benzene rings is 5. The van der Waals surface area contributed by atoms with Crippen LogP contribution in [0, 0.1) is 26.0 Å². The van der Waals surface area contributed by atoms with Gasteiger partial charge in [-0.3, -0.25) is 4.98 Å². The van der Waals surface area contributed by atoms with Crippen molar-refractivity contribution in [3.63, 3.8) is 0 Å². The zero-order valence-corrected chi connectivity index (χ0v) is 25.1. The van der Waals surface area contributed by atoms with Crippen molar-refractivity contribution in [2.24, 2.45) is 0 Å². The summed E-state index contributed by atoms with van der Waals surface area (Å²) < 4.78 is 51.6. The second kappa shape index (κ2) is 12.2. The van der Waals surface area contributed by atoms with E-state index in [1.807, 2.05) is 42.5 Å². The van der Waals surface area contributed by atoms with E-state index in [0.29, 0.717) is 11.3 Å². The predicted octanol–water partition coefficient (Wildman–Crippen LogP) is 9.56. The minimum Gasteiger partial charge on any atom is -0.557 e. The summed E-state index contributed by atoms with van der Waals surface area (Å²) in [5.74, 6) is 0.836. The van der Waals surface area contributed by atoms with Gasteiger partial charge in [-0.2, -0.15) is 0 Å². The monoisotopic (exact) mass is 740 g/mol. The molecule has 0 unspecified atom stereocenters. The summed E-state index contributed by atoms with van der Waals surface area (Å²) in [4.78, 5) is 9.04. The molecule has 8 aromatic rings. The van der Waals surface area contributed by atoms with Gasteiger partial charge in [0.05, 0.1) is 16.9 Å². The van der Waals surface area contributed by atoms with Crippen molar-refractivity contribution < 1.29 is 32.7 Å². The van der Waals surface area contributed by atoms with Crippen LogP contribution in [0.15, 0.2) is 132 Å². The van der Waals surface area contributed by atoms with Gasteiger partial charge >= 0.3 is 0 Å². The van der Waals surface area contributed by atoms with Gasteiger partial charge in [0.25, 0.3) is 0 Å². The fourth-order valence-electron chi connectivity index (χ4n) is 5.08. The number of pyridine rings is 1. The van der Waals surface area contributed by atoms with Gasteiger partial charge < -0.3 is 14.0 Å². The molecule has 1 radical (unpaired) electrons. The summed E-state index contributed by atoms with van der Waals surface area (Å²) in [6.07, 6.45) is 4.43. The molecule has 0 atom stereocenters. The maximum Gasteiger partial charge on any atom is 0.0774 e. The Balaban J connectivity index is 0.000000177. The normalized spacial score (nSPS) is 13.5. The van der Waals surface area contributed by atoms with Gasteiger partial charge in [0.2, 0.25) is 0 Å². The van der Waals surface area contributed by atoms with Crippen molar-refractivity contribution in [1.29, 1.82) is 0 Å². The summed E-state index contributed by atoms with van der Waals surface area (Å²) in [6.45, 7) is -4.34. The molecule has 0 bridgehead atoms. The maximum atomic E-state index is 7.28. The van der Waals surface area contributed by atoms with Crippen LogP contribution in [0.4, 0.5) is 0 Å². The summed E-state index contributed by atoms with van der Waals surface area (Å²) in [6, 6.07) is 41.4.